The molecule has 3 N–H and O–H groups in total. The highest BCUT2D eigenvalue weighted by Gasteiger charge is 2.57. The van der Waals surface area contributed by atoms with Gasteiger partial charge in [-0.2, -0.15) is 4.79 Å². The number of hydrogen-bond donors (Lipinski definition) is 3. The maximum Gasteiger partial charge on any atom is 0.335 e. The number of rotatable bonds is 5. The van der Waals surface area contributed by atoms with Gasteiger partial charge in [0.1, 0.15) is 0 Å². The van der Waals surface area contributed by atoms with E-state index in [2.05, 4.69) is 29.2 Å². The zero-order valence-corrected chi connectivity index (χ0v) is 26.9. The van der Waals surface area contributed by atoms with Crippen molar-refractivity contribution in [3.8, 4) is 0 Å². The molecule has 2 fully saturated rings. The van der Waals surface area contributed by atoms with Crippen LogP contribution in [0.3, 0.4) is 0 Å². The third-order valence-electron chi connectivity index (χ3n) is 7.09. The molecule has 0 radical (unpaired) electrons. The van der Waals surface area contributed by atoms with Gasteiger partial charge in [0.2, 0.25) is 5.84 Å². The molecule has 0 aromatic carbocycles. The Kier molecular flexibility index (Phi) is 11.2. The summed E-state index contributed by atoms with van der Waals surface area (Å²) in [5.74, 6) is -4.10. The van der Waals surface area contributed by atoms with Gasteiger partial charge >= 0.3 is 23.3 Å². The molecule has 2 saturated heterocycles. The van der Waals surface area contributed by atoms with E-state index in [1.807, 2.05) is 9.97 Å². The van der Waals surface area contributed by atoms with E-state index in [4.69, 9.17) is 25.6 Å². The van der Waals surface area contributed by atoms with E-state index in [0.29, 0.717) is 0 Å². The molecular weight excluding hydrogens is 646 g/mol. The van der Waals surface area contributed by atoms with E-state index in [-0.39, 0.29) is 7.43 Å². The lowest BCUT2D eigenvalue weighted by molar-refractivity contribution is -0.157. The van der Waals surface area contributed by atoms with E-state index in [1.54, 1.807) is 5.84 Å². The lowest BCUT2D eigenvalue weighted by atomic mass is 9.89. The fourth-order valence-electron chi connectivity index (χ4n) is 4.19. The second-order valence-electron chi connectivity index (χ2n) is 11.8. The van der Waals surface area contributed by atoms with Gasteiger partial charge in [0.15, 0.2) is 44.0 Å². The highest BCUT2D eigenvalue weighted by atomic mass is 28.3. The fraction of sp³-hybridized carbons (Fsp3) is 0.607. The molecule has 19 heteroatoms. The minimum Gasteiger partial charge on any atom is -0.479 e. The van der Waals surface area contributed by atoms with Crippen molar-refractivity contribution in [2.45, 2.75) is 90.7 Å². The molecule has 4 rings (SSSR count). The third kappa shape index (κ3) is 9.37. The zero-order chi connectivity index (χ0) is 38.8. The summed E-state index contributed by atoms with van der Waals surface area (Å²) >= 11 is 0. The van der Waals surface area contributed by atoms with Gasteiger partial charge in [-0.15, -0.1) is 0 Å². The van der Waals surface area contributed by atoms with Crippen LogP contribution in [-0.4, -0.2) is 85.4 Å². The lowest BCUT2D eigenvalue weighted by Gasteiger charge is -2.25. The number of nitrogens with one attached hydrogen (secondary N) is 2. The number of carboxylic acids is 1. The topological polar surface area (TPSA) is 228 Å². The Balaban J connectivity index is 0.000000426. The molecule has 2 aromatic rings. The van der Waals surface area contributed by atoms with Gasteiger partial charge in [0, 0.05) is 36.4 Å². The first-order chi connectivity index (χ1) is 22.7. The number of H-pyrrole nitrogens is 2. The first-order valence-corrected chi connectivity index (χ1v) is 17.1. The molecule has 262 valence electrons. The third-order valence-corrected chi connectivity index (χ3v) is 7.98. The average molecular weight is 693 g/mol. The van der Waals surface area contributed by atoms with Gasteiger partial charge in [-0.1, -0.05) is 40.9 Å². The van der Waals surface area contributed by atoms with Crippen LogP contribution in [0.2, 0.25) is 19.6 Å². The molecule has 0 bridgehead atoms. The number of aliphatic carboxylic acids is 1. The zero-order valence-electron chi connectivity index (χ0n) is 29.9. The molecule has 0 amide bonds. The van der Waals surface area contributed by atoms with Gasteiger partial charge in [0.25, 0.3) is 11.1 Å². The maximum absolute atomic E-state index is 15.0. The molecule has 0 aliphatic carbocycles. The van der Waals surface area contributed by atoms with Crippen LogP contribution >= 0.6 is 0 Å². The van der Waals surface area contributed by atoms with Crippen LogP contribution in [0.15, 0.2) is 43.7 Å². The van der Waals surface area contributed by atoms with E-state index in [0.717, 1.165) is 47.5 Å². The SMILES string of the molecule is C.C[Si](C)(C)C=[N+]=[N-].[2H]C([2H])OC(=O)[C@@]1([2H])O[C@@H](n2ccc(=O)[nH]c2=O)[C@](C)(F)[C@@H]1C.[2H][C@]1(C(=O)O)O[C@@H](n2ccc(=O)[nH]c2=O)[C@](C)(F)[C@@H]1C. The number of carbonyl (C=O) groups excluding carboxylic acids is 1. The molecule has 0 unspecified atom stereocenters. The van der Waals surface area contributed by atoms with Crippen LogP contribution < -0.4 is 22.5 Å². The quantitative estimate of drug-likeness (QED) is 0.135. The summed E-state index contributed by atoms with van der Waals surface area (Å²) in [6.45, 7) is 10.8. The number of aromatic nitrogens is 4. The number of alkyl halides is 2. The smallest absolute Gasteiger partial charge is 0.335 e. The van der Waals surface area contributed by atoms with Crippen molar-refractivity contribution >= 4 is 25.9 Å². The van der Waals surface area contributed by atoms with Gasteiger partial charge in [-0.3, -0.25) is 28.7 Å². The number of carboxylic acid groups (broad SMARTS) is 1. The Bertz CT molecular complexity index is 1880. The number of ether oxygens (including phenoxy) is 3. The first kappa shape index (κ1) is 34.0. The molecular formula is C28H42F2N6O10Si. The summed E-state index contributed by atoms with van der Waals surface area (Å²) < 4.78 is 75.2. The van der Waals surface area contributed by atoms with Gasteiger partial charge in [-0.25, -0.2) is 28.0 Å². The number of esters is 1. The molecule has 4 heterocycles. The van der Waals surface area contributed by atoms with Crippen molar-refractivity contribution in [2.24, 2.45) is 11.8 Å². The van der Waals surface area contributed by atoms with Crippen LogP contribution in [0, 0.1) is 11.8 Å². The molecule has 2 aliphatic rings. The minimum absolute atomic E-state index is 0. The van der Waals surface area contributed by atoms with Crippen molar-refractivity contribution in [1.29, 1.82) is 0 Å². The Morgan fingerprint density at radius 1 is 1.00 bits per heavy atom. The van der Waals surface area contributed by atoms with Gasteiger partial charge in [-0.05, 0) is 13.8 Å². The molecule has 0 spiro atoms. The van der Waals surface area contributed by atoms with E-state index in [1.165, 1.54) is 13.8 Å². The van der Waals surface area contributed by atoms with Crippen molar-refractivity contribution in [2.75, 3.05) is 7.06 Å². The molecule has 0 saturated carbocycles. The average Bonchev–Trinajstić information content (AvgIpc) is 3.27. The molecule has 16 nitrogen and oxygen atoms in total. The van der Waals surface area contributed by atoms with Crippen molar-refractivity contribution in [3.05, 3.63) is 71.7 Å². The summed E-state index contributed by atoms with van der Waals surface area (Å²) in [5.41, 5.74) is 0.133. The first-order valence-electron chi connectivity index (χ1n) is 15.7. The summed E-state index contributed by atoms with van der Waals surface area (Å²) in [4.78, 5) is 75.3. The van der Waals surface area contributed by atoms with E-state index >= 15 is 4.39 Å². The predicted molar refractivity (Wildman–Crippen MR) is 167 cm³/mol. The van der Waals surface area contributed by atoms with Crippen molar-refractivity contribution in [3.63, 3.8) is 0 Å². The number of nitrogens with zero attached hydrogens (tertiary/aromatic N) is 4. The molecule has 47 heavy (non-hydrogen) atoms. The van der Waals surface area contributed by atoms with Crippen LogP contribution in [0.5, 0.6) is 0 Å². The van der Waals surface area contributed by atoms with E-state index < -0.39 is 97.4 Å². The molecule has 2 aromatic heterocycles. The standard InChI is InChI=1S/C12H15FN2O5.C11H13FN2O5.C4H10N2Si.CH4/c1-6-8(9(17)19-3)20-10(12(6,2)13)15-5-4-7(16)14-11(15)18;1-5-7(8(16)17)19-9(11(5,2)12)14-4-3-6(15)13-10(14)18;1-7(2,3)4-6-5;/h4-6,8,10H,1-3H3,(H,14,16,18);3-5,7,9H,1-2H3,(H,16,17)(H,13,15,18);4H,1-3H3;1H4/t6-,8+,10-,12-;5-,7+,9-,11-;;/m11../s1/i3D2,8D;7D;;. The predicted octanol–water partition coefficient (Wildman–Crippen LogP) is 1.65. The highest BCUT2D eigenvalue weighted by molar-refractivity contribution is 6.98. The Morgan fingerprint density at radius 2 is 1.40 bits per heavy atom. The Labute approximate surface area is 274 Å². The number of aromatic amines is 2. The summed E-state index contributed by atoms with van der Waals surface area (Å²) in [6, 6.07) is 1.95. The summed E-state index contributed by atoms with van der Waals surface area (Å²) in [5, 5.41) is 9.03. The van der Waals surface area contributed by atoms with Crippen LogP contribution in [0.25, 0.3) is 5.53 Å². The largest absolute Gasteiger partial charge is 0.479 e. The normalized spacial score (nSPS) is 33.9. The molecule has 2 aliphatic heterocycles. The second-order valence-corrected chi connectivity index (χ2v) is 16.8. The van der Waals surface area contributed by atoms with Crippen molar-refractivity contribution < 1.29 is 48.0 Å². The number of hydrogen-bond acceptors (Lipinski definition) is 9. The van der Waals surface area contributed by atoms with Crippen molar-refractivity contribution in [1.82, 2.24) is 19.1 Å². The second kappa shape index (κ2) is 15.5. The van der Waals surface area contributed by atoms with E-state index in [9.17, 15) is 33.2 Å². The van der Waals surface area contributed by atoms with Gasteiger partial charge in [0.05, 0.1) is 12.5 Å². The summed E-state index contributed by atoms with van der Waals surface area (Å²) in [6.07, 6.45) is -6.33. The number of methoxy groups -OCH3 is 1. The minimum atomic E-state index is -2.54. The van der Waals surface area contributed by atoms with Crippen LogP contribution in [0.4, 0.5) is 8.78 Å². The molecule has 8 atom stereocenters. The highest BCUT2D eigenvalue weighted by Crippen LogP contribution is 2.45. The fourth-order valence-corrected chi connectivity index (χ4v) is 4.54. The monoisotopic (exact) mass is 692 g/mol. The van der Waals surface area contributed by atoms with Crippen LogP contribution in [0.1, 0.15) is 53.1 Å². The van der Waals surface area contributed by atoms with Crippen LogP contribution in [-0.2, 0) is 23.8 Å². The Morgan fingerprint density at radius 3 is 1.70 bits per heavy atom. The summed E-state index contributed by atoms with van der Waals surface area (Å²) in [7, 11) is -3.20. The van der Waals surface area contributed by atoms with Gasteiger partial charge < -0.3 is 24.8 Å². The lowest BCUT2D eigenvalue weighted by Crippen LogP contribution is -2.40. The Hall–Kier alpha value is -4.32. The maximum atomic E-state index is 15.0. The number of halogens is 2. The number of carbonyl (C=O) groups is 2.